The third kappa shape index (κ3) is 4.89. The van der Waals surface area contributed by atoms with Gasteiger partial charge < -0.3 is 10.1 Å². The van der Waals surface area contributed by atoms with Crippen LogP contribution in [-0.2, 0) is 19.7 Å². The summed E-state index contributed by atoms with van der Waals surface area (Å²) in [6.07, 6.45) is 1.80. The number of hydrogen-bond acceptors (Lipinski definition) is 3. The van der Waals surface area contributed by atoms with Crippen LogP contribution in [0.25, 0.3) is 0 Å². The standard InChI is InChI=1S/C21H22ClN3O2/c1-3-25-15(2)18(13-24-25)12-23-21(26)17-6-4-5-16(11-17)14-27-20-9-7-19(22)8-10-20/h4-11,13H,3,12,14H2,1-2H3,(H,23,26). The van der Waals surface area contributed by atoms with Gasteiger partial charge >= 0.3 is 0 Å². The second kappa shape index (κ2) is 8.73. The fourth-order valence-electron chi connectivity index (χ4n) is 2.75. The van der Waals surface area contributed by atoms with Crippen LogP contribution in [0.1, 0.15) is 34.1 Å². The fourth-order valence-corrected chi connectivity index (χ4v) is 2.88. The van der Waals surface area contributed by atoms with Crippen LogP contribution in [0.5, 0.6) is 5.75 Å². The predicted octanol–water partition coefficient (Wildman–Crippen LogP) is 4.37. The molecule has 0 fully saturated rings. The Hall–Kier alpha value is -2.79. The first-order chi connectivity index (χ1) is 13.1. The van der Waals surface area contributed by atoms with Gasteiger partial charge in [-0.15, -0.1) is 0 Å². The number of rotatable bonds is 7. The molecule has 0 aliphatic heterocycles. The van der Waals surface area contributed by atoms with Gasteiger partial charge in [-0.1, -0.05) is 23.7 Å². The number of ether oxygens (including phenoxy) is 1. The van der Waals surface area contributed by atoms with E-state index in [0.717, 1.165) is 29.1 Å². The van der Waals surface area contributed by atoms with E-state index in [1.807, 2.05) is 48.9 Å². The minimum absolute atomic E-state index is 0.119. The Bertz CT molecular complexity index is 919. The van der Waals surface area contributed by atoms with E-state index in [9.17, 15) is 4.79 Å². The Morgan fingerprint density at radius 3 is 2.70 bits per heavy atom. The van der Waals surface area contributed by atoms with E-state index in [1.165, 1.54) is 0 Å². The fraction of sp³-hybridized carbons (Fsp3) is 0.238. The van der Waals surface area contributed by atoms with Crippen LogP contribution in [0.3, 0.4) is 0 Å². The molecule has 0 bridgehead atoms. The molecule has 1 heterocycles. The van der Waals surface area contributed by atoms with Gasteiger partial charge in [0.1, 0.15) is 12.4 Å². The van der Waals surface area contributed by atoms with Crippen LogP contribution in [0.15, 0.2) is 54.7 Å². The second-order valence-corrected chi connectivity index (χ2v) is 6.63. The van der Waals surface area contributed by atoms with E-state index in [2.05, 4.69) is 10.4 Å². The van der Waals surface area contributed by atoms with Crippen LogP contribution < -0.4 is 10.1 Å². The van der Waals surface area contributed by atoms with Crippen molar-refractivity contribution in [2.45, 2.75) is 33.5 Å². The van der Waals surface area contributed by atoms with Gasteiger partial charge in [0.15, 0.2) is 0 Å². The topological polar surface area (TPSA) is 56.2 Å². The van der Waals surface area contributed by atoms with Gasteiger partial charge in [-0.05, 0) is 55.8 Å². The van der Waals surface area contributed by atoms with Gasteiger partial charge in [0, 0.05) is 34.9 Å². The van der Waals surface area contributed by atoms with Gasteiger partial charge in [-0.3, -0.25) is 9.48 Å². The molecule has 1 N–H and O–H groups in total. The molecule has 0 unspecified atom stereocenters. The van der Waals surface area contributed by atoms with Crippen LogP contribution >= 0.6 is 11.6 Å². The maximum Gasteiger partial charge on any atom is 0.251 e. The maximum atomic E-state index is 12.5. The van der Waals surface area contributed by atoms with Gasteiger partial charge in [0.25, 0.3) is 5.91 Å². The van der Waals surface area contributed by atoms with Gasteiger partial charge in [-0.25, -0.2) is 0 Å². The Kier molecular flexibility index (Phi) is 6.14. The lowest BCUT2D eigenvalue weighted by molar-refractivity contribution is 0.0950. The van der Waals surface area contributed by atoms with Crippen molar-refractivity contribution < 1.29 is 9.53 Å². The number of carbonyl (C=O) groups excluding carboxylic acids is 1. The van der Waals surface area contributed by atoms with Crippen LogP contribution in [-0.4, -0.2) is 15.7 Å². The number of aromatic nitrogens is 2. The molecule has 140 valence electrons. The largest absolute Gasteiger partial charge is 0.489 e. The van der Waals surface area contributed by atoms with Crippen LogP contribution in [0, 0.1) is 6.92 Å². The molecule has 6 heteroatoms. The van der Waals surface area contributed by atoms with Gasteiger partial charge in [-0.2, -0.15) is 5.10 Å². The minimum Gasteiger partial charge on any atom is -0.489 e. The Morgan fingerprint density at radius 1 is 1.22 bits per heavy atom. The minimum atomic E-state index is -0.119. The molecular formula is C21H22ClN3O2. The number of benzene rings is 2. The number of nitrogens with one attached hydrogen (secondary N) is 1. The predicted molar refractivity (Wildman–Crippen MR) is 106 cm³/mol. The first-order valence-electron chi connectivity index (χ1n) is 8.83. The molecule has 27 heavy (non-hydrogen) atoms. The second-order valence-electron chi connectivity index (χ2n) is 6.20. The smallest absolute Gasteiger partial charge is 0.251 e. The molecule has 0 spiro atoms. The summed E-state index contributed by atoms with van der Waals surface area (Å²) in [6, 6.07) is 14.6. The number of nitrogens with zero attached hydrogens (tertiary/aromatic N) is 2. The molecule has 3 rings (SSSR count). The van der Waals surface area contributed by atoms with Crippen molar-refractivity contribution in [3.05, 3.63) is 82.1 Å². The van der Waals surface area contributed by atoms with Crippen molar-refractivity contribution in [2.75, 3.05) is 0 Å². The molecule has 0 aliphatic carbocycles. The molecule has 0 radical (unpaired) electrons. The summed E-state index contributed by atoms with van der Waals surface area (Å²) < 4.78 is 7.65. The van der Waals surface area contributed by atoms with Crippen LogP contribution in [0.2, 0.25) is 5.02 Å². The number of halogens is 1. The van der Waals surface area contributed by atoms with Crippen molar-refractivity contribution in [1.29, 1.82) is 0 Å². The summed E-state index contributed by atoms with van der Waals surface area (Å²) in [5, 5.41) is 7.92. The molecule has 1 aromatic heterocycles. The monoisotopic (exact) mass is 383 g/mol. The number of amides is 1. The highest BCUT2D eigenvalue weighted by Crippen LogP contribution is 2.17. The quantitative estimate of drug-likeness (QED) is 0.659. The molecule has 5 nitrogen and oxygen atoms in total. The summed E-state index contributed by atoms with van der Waals surface area (Å²) in [5.41, 5.74) is 3.62. The van der Waals surface area contributed by atoms with Gasteiger partial charge in [0.2, 0.25) is 0 Å². The molecule has 1 amide bonds. The molecule has 0 atom stereocenters. The zero-order valence-corrected chi connectivity index (χ0v) is 16.2. The number of carbonyl (C=O) groups is 1. The van der Waals surface area contributed by atoms with E-state index in [1.54, 1.807) is 24.4 Å². The molecule has 3 aromatic rings. The third-order valence-electron chi connectivity index (χ3n) is 4.35. The van der Waals surface area contributed by atoms with E-state index < -0.39 is 0 Å². The SMILES string of the molecule is CCn1ncc(CNC(=O)c2cccc(COc3ccc(Cl)cc3)c2)c1C. The summed E-state index contributed by atoms with van der Waals surface area (Å²) in [6.45, 7) is 5.70. The first-order valence-corrected chi connectivity index (χ1v) is 9.21. The molecule has 0 saturated carbocycles. The highest BCUT2D eigenvalue weighted by Gasteiger charge is 2.10. The van der Waals surface area contributed by atoms with E-state index in [0.29, 0.717) is 23.7 Å². The van der Waals surface area contributed by atoms with Crippen molar-refractivity contribution in [3.63, 3.8) is 0 Å². The first kappa shape index (κ1) is 19.0. The van der Waals surface area contributed by atoms with E-state index >= 15 is 0 Å². The third-order valence-corrected chi connectivity index (χ3v) is 4.60. The summed E-state index contributed by atoms with van der Waals surface area (Å²) >= 11 is 5.87. The summed E-state index contributed by atoms with van der Waals surface area (Å²) in [7, 11) is 0. The Morgan fingerprint density at radius 2 is 2.00 bits per heavy atom. The lowest BCUT2D eigenvalue weighted by atomic mass is 10.1. The Balaban J connectivity index is 1.59. The van der Waals surface area contributed by atoms with Crippen LogP contribution in [0.4, 0.5) is 0 Å². The van der Waals surface area contributed by atoms with E-state index in [4.69, 9.17) is 16.3 Å². The lowest BCUT2D eigenvalue weighted by Gasteiger charge is -2.09. The maximum absolute atomic E-state index is 12.5. The van der Waals surface area contributed by atoms with Gasteiger partial charge in [0.05, 0.1) is 6.20 Å². The average Bonchev–Trinajstić information content (AvgIpc) is 3.05. The summed E-state index contributed by atoms with van der Waals surface area (Å²) in [4.78, 5) is 12.5. The van der Waals surface area contributed by atoms with Crippen molar-refractivity contribution in [2.24, 2.45) is 0 Å². The Labute approximate surface area is 163 Å². The molecule has 0 aliphatic rings. The number of aryl methyl sites for hydroxylation is 1. The lowest BCUT2D eigenvalue weighted by Crippen LogP contribution is -2.23. The summed E-state index contributed by atoms with van der Waals surface area (Å²) in [5.74, 6) is 0.615. The van der Waals surface area contributed by atoms with E-state index in [-0.39, 0.29) is 5.91 Å². The molecular weight excluding hydrogens is 362 g/mol. The van der Waals surface area contributed by atoms with Crippen molar-refractivity contribution in [1.82, 2.24) is 15.1 Å². The zero-order chi connectivity index (χ0) is 19.2. The average molecular weight is 384 g/mol. The molecule has 2 aromatic carbocycles. The number of hydrogen-bond donors (Lipinski definition) is 1. The molecule has 0 saturated heterocycles. The zero-order valence-electron chi connectivity index (χ0n) is 15.4. The highest BCUT2D eigenvalue weighted by atomic mass is 35.5. The normalized spacial score (nSPS) is 10.6. The highest BCUT2D eigenvalue weighted by molar-refractivity contribution is 6.30. The van der Waals surface area contributed by atoms with Crippen molar-refractivity contribution in [3.8, 4) is 5.75 Å². The van der Waals surface area contributed by atoms with Crippen molar-refractivity contribution >= 4 is 17.5 Å².